The second-order valence-electron chi connectivity index (χ2n) is 15.8. The number of carboxylic acid groups (broad SMARTS) is 4. The van der Waals surface area contributed by atoms with Gasteiger partial charge < -0.3 is 80.6 Å². The third kappa shape index (κ3) is 42.9. The number of alkyl halides is 9. The SMILES string of the molecule is C[C@H](CC(=O)N[C@@H](CCCCN)C(=O)O)NC(=O)C[C@H](C)NC(=O)C[C@@H](C)NC(=O)C[C@H](C)NC(=O)[C@H](C)NC(=O)[C@H](CCCN=C(N)N)NC(=O)CN.O=C(O)C(F)(F)F.O=C(O)C(F)(F)F.O=C(O)C(F)(F)F. The molecule has 0 rings (SSSR count). The number of aliphatic imine (C=N–C) groups is 1. The van der Waals surface area contributed by atoms with Gasteiger partial charge in [0.25, 0.3) is 0 Å². The van der Waals surface area contributed by atoms with Crippen molar-refractivity contribution in [3.05, 3.63) is 0 Å². The smallest absolute Gasteiger partial charge is 0.480 e. The van der Waals surface area contributed by atoms with Crippen molar-refractivity contribution in [3.8, 4) is 0 Å². The van der Waals surface area contributed by atoms with Crippen molar-refractivity contribution in [3.63, 3.8) is 0 Å². The topological polar surface area (TPSA) is 469 Å². The van der Waals surface area contributed by atoms with Crippen LogP contribution in [0.4, 0.5) is 39.5 Å². The minimum Gasteiger partial charge on any atom is -0.480 e. The van der Waals surface area contributed by atoms with E-state index < -0.39 is 126 Å². The number of nitrogens with zero attached hydrogens (tertiary/aromatic N) is 1. The zero-order valence-corrected chi connectivity index (χ0v) is 41.0. The molecule has 0 aromatic carbocycles. The molecule has 0 aromatic heterocycles. The van der Waals surface area contributed by atoms with E-state index in [0.717, 1.165) is 0 Å². The quantitative estimate of drug-likeness (QED) is 0.0186. The Morgan fingerprint density at radius 1 is 0.453 bits per heavy atom. The number of unbranched alkanes of at least 4 members (excludes halogenated alkanes) is 1. The molecular formula is C39H65F9N12O15. The van der Waals surface area contributed by atoms with Crippen LogP contribution in [0.3, 0.4) is 0 Å². The molecular weight excluding hydrogens is 1050 g/mol. The molecule has 0 aliphatic carbocycles. The fourth-order valence-electron chi connectivity index (χ4n) is 5.09. The van der Waals surface area contributed by atoms with Crippen molar-refractivity contribution in [1.29, 1.82) is 0 Å². The third-order valence-corrected chi connectivity index (χ3v) is 8.42. The zero-order chi connectivity index (χ0) is 59.6. The Labute approximate surface area is 421 Å². The van der Waals surface area contributed by atoms with Crippen LogP contribution < -0.4 is 60.2 Å². The van der Waals surface area contributed by atoms with Gasteiger partial charge in [0.05, 0.1) is 6.54 Å². The third-order valence-electron chi connectivity index (χ3n) is 8.42. The van der Waals surface area contributed by atoms with E-state index in [9.17, 15) is 83.0 Å². The Balaban J connectivity index is -0.000000990. The molecule has 0 aliphatic rings. The van der Waals surface area contributed by atoms with Crippen molar-refractivity contribution < 1.29 is 113 Å². The van der Waals surface area contributed by atoms with Gasteiger partial charge >= 0.3 is 42.4 Å². The Hall–Kier alpha value is -7.27. The fraction of sp³-hybridized carbons (Fsp3) is 0.692. The van der Waals surface area contributed by atoms with Gasteiger partial charge in [-0.15, -0.1) is 0 Å². The lowest BCUT2D eigenvalue weighted by Gasteiger charge is -2.22. The highest BCUT2D eigenvalue weighted by Gasteiger charge is 2.39. The molecule has 0 saturated carbocycles. The van der Waals surface area contributed by atoms with Crippen molar-refractivity contribution >= 4 is 71.2 Å². The van der Waals surface area contributed by atoms with Crippen LogP contribution in [0.25, 0.3) is 0 Å². The van der Waals surface area contributed by atoms with E-state index in [1.807, 2.05) is 0 Å². The number of hydrogen-bond donors (Lipinski definition) is 15. The van der Waals surface area contributed by atoms with Gasteiger partial charge in [-0.1, -0.05) is 0 Å². The summed E-state index contributed by atoms with van der Waals surface area (Å²) in [6.07, 6.45) is -13.7. The second kappa shape index (κ2) is 37.5. The molecule has 7 atom stereocenters. The monoisotopic (exact) mass is 1110 g/mol. The lowest BCUT2D eigenvalue weighted by molar-refractivity contribution is -0.193. The van der Waals surface area contributed by atoms with E-state index in [1.54, 1.807) is 27.7 Å². The molecule has 36 heteroatoms. The number of carboxylic acids is 4. The van der Waals surface area contributed by atoms with Crippen LogP contribution in [0.2, 0.25) is 0 Å². The van der Waals surface area contributed by atoms with Crippen LogP contribution in [0.5, 0.6) is 0 Å². The van der Waals surface area contributed by atoms with Crippen molar-refractivity contribution in [2.75, 3.05) is 19.6 Å². The number of nitrogens with one attached hydrogen (secondary N) is 7. The van der Waals surface area contributed by atoms with Gasteiger partial charge in [-0.3, -0.25) is 38.6 Å². The summed E-state index contributed by atoms with van der Waals surface area (Å²) in [7, 11) is 0. The number of rotatable bonds is 27. The van der Waals surface area contributed by atoms with Crippen LogP contribution in [0.15, 0.2) is 4.99 Å². The summed E-state index contributed by atoms with van der Waals surface area (Å²) in [6.45, 7) is 8.18. The first-order valence-electron chi connectivity index (χ1n) is 21.8. The number of carbonyl (C=O) groups excluding carboxylic acids is 7. The van der Waals surface area contributed by atoms with E-state index in [2.05, 4.69) is 42.2 Å². The summed E-state index contributed by atoms with van der Waals surface area (Å²) in [5.74, 6) is -13.1. The summed E-state index contributed by atoms with van der Waals surface area (Å²) >= 11 is 0. The van der Waals surface area contributed by atoms with Crippen LogP contribution in [-0.4, -0.2) is 172 Å². The lowest BCUT2D eigenvalue weighted by Crippen LogP contribution is -2.54. The molecule has 434 valence electrons. The Morgan fingerprint density at radius 2 is 0.773 bits per heavy atom. The maximum absolute atomic E-state index is 12.8. The molecule has 0 fully saturated rings. The van der Waals surface area contributed by atoms with E-state index in [1.165, 1.54) is 6.92 Å². The minimum absolute atomic E-state index is 0.0895. The number of nitrogens with two attached hydrogens (primary N) is 4. The second-order valence-corrected chi connectivity index (χ2v) is 15.8. The Kier molecular flexibility index (Phi) is 37.1. The predicted molar refractivity (Wildman–Crippen MR) is 241 cm³/mol. The van der Waals surface area contributed by atoms with E-state index in [-0.39, 0.29) is 57.6 Å². The summed E-state index contributed by atoms with van der Waals surface area (Å²) in [6, 6.07) is -5.44. The molecule has 7 amide bonds. The summed E-state index contributed by atoms with van der Waals surface area (Å²) in [5, 5.41) is 48.9. The average molecular weight is 1110 g/mol. The van der Waals surface area contributed by atoms with Gasteiger partial charge in [0.15, 0.2) is 5.96 Å². The van der Waals surface area contributed by atoms with Gasteiger partial charge in [0.2, 0.25) is 41.4 Å². The Morgan fingerprint density at radius 3 is 1.08 bits per heavy atom. The maximum Gasteiger partial charge on any atom is 0.490 e. The number of halogens is 9. The Bertz CT molecular complexity index is 1850. The van der Waals surface area contributed by atoms with E-state index >= 15 is 0 Å². The number of carbonyl (C=O) groups is 11. The highest BCUT2D eigenvalue weighted by molar-refractivity contribution is 5.92. The lowest BCUT2D eigenvalue weighted by atomic mass is 10.1. The molecule has 27 nitrogen and oxygen atoms in total. The zero-order valence-electron chi connectivity index (χ0n) is 41.0. The first kappa shape index (κ1) is 74.3. The molecule has 0 bridgehead atoms. The molecule has 0 saturated heterocycles. The van der Waals surface area contributed by atoms with Crippen molar-refractivity contribution in [1.82, 2.24) is 37.2 Å². The van der Waals surface area contributed by atoms with E-state index in [4.69, 9.17) is 52.6 Å². The highest BCUT2D eigenvalue weighted by atomic mass is 19.4. The molecule has 19 N–H and O–H groups in total. The van der Waals surface area contributed by atoms with Crippen LogP contribution in [0, 0.1) is 0 Å². The average Bonchev–Trinajstić information content (AvgIpc) is 3.23. The molecule has 75 heavy (non-hydrogen) atoms. The van der Waals surface area contributed by atoms with Gasteiger partial charge in [-0.25, -0.2) is 19.2 Å². The summed E-state index contributed by atoms with van der Waals surface area (Å²) in [4.78, 5) is 129. The standard InChI is InChI=1S/C33H62N12O9.3C2HF3O2/c1-18(13-26(47)41-20(3)15-28(49)45-24(32(53)54)9-6-7-11-34)39-25(46)14-19(2)40-27(48)16-21(4)42-30(51)22(5)43-31(52)23(44-29(50)17-35)10-8-12-38-33(36)37;3*3-2(4,5)1(6)7/h18-24H,6-17,34-35H2,1-5H3,(H,39,46)(H,40,48)(H,41,47)(H,42,51)(H,43,52)(H,44,50)(H,45,49)(H,53,54)(H4,36,37,38);3*(H,6,7)/t18-,19+,20+,21-,22-,23-,24-;;;/m0.../s1. The van der Waals surface area contributed by atoms with Gasteiger partial charge in [-0.05, 0) is 73.3 Å². The minimum atomic E-state index is -5.08. The van der Waals surface area contributed by atoms with Crippen molar-refractivity contribution in [2.45, 2.75) is 153 Å². The predicted octanol–water partition coefficient (Wildman–Crippen LogP) is -1.83. The molecule has 0 radical (unpaired) electrons. The molecule has 0 heterocycles. The van der Waals surface area contributed by atoms with Crippen molar-refractivity contribution in [2.24, 2.45) is 27.9 Å². The normalized spacial score (nSPS) is 13.7. The summed E-state index contributed by atoms with van der Waals surface area (Å²) in [5.41, 5.74) is 21.4. The maximum atomic E-state index is 12.8. The van der Waals surface area contributed by atoms with Crippen LogP contribution >= 0.6 is 0 Å². The van der Waals surface area contributed by atoms with Gasteiger partial charge in [-0.2, -0.15) is 39.5 Å². The number of aliphatic carboxylic acids is 4. The fourth-order valence-corrected chi connectivity index (χ4v) is 5.09. The van der Waals surface area contributed by atoms with Gasteiger partial charge in [0.1, 0.15) is 18.1 Å². The van der Waals surface area contributed by atoms with E-state index in [0.29, 0.717) is 25.8 Å². The van der Waals surface area contributed by atoms with Crippen LogP contribution in [0.1, 0.15) is 92.4 Å². The highest BCUT2D eigenvalue weighted by Crippen LogP contribution is 2.14. The molecule has 0 aliphatic heterocycles. The molecule has 0 aromatic rings. The molecule has 0 unspecified atom stereocenters. The number of hydrogen-bond acceptors (Lipinski definition) is 14. The largest absolute Gasteiger partial charge is 0.490 e. The number of guanidine groups is 1. The summed E-state index contributed by atoms with van der Waals surface area (Å²) < 4.78 is 95.2. The van der Waals surface area contributed by atoms with Gasteiger partial charge in [0, 0.05) is 56.4 Å². The first-order chi connectivity index (χ1) is 34.1. The van der Waals surface area contributed by atoms with Crippen LogP contribution in [-0.2, 0) is 52.7 Å². The molecule has 0 spiro atoms. The number of amides is 7. The first-order valence-corrected chi connectivity index (χ1v) is 21.8.